The van der Waals surface area contributed by atoms with Gasteiger partial charge in [0.05, 0.1) is 5.92 Å². The number of fused-ring (bicyclic) bond motifs is 1. The second-order valence-electron chi connectivity index (χ2n) is 5.87. The van der Waals surface area contributed by atoms with Gasteiger partial charge in [-0.2, -0.15) is 5.10 Å². The Balaban J connectivity index is 1.56. The van der Waals surface area contributed by atoms with Gasteiger partial charge in [0.2, 0.25) is 5.43 Å². The third-order valence-corrected chi connectivity index (χ3v) is 4.41. The molecule has 3 rings (SSSR count). The van der Waals surface area contributed by atoms with Crippen LogP contribution in [0.1, 0.15) is 30.7 Å². The van der Waals surface area contributed by atoms with Crippen molar-refractivity contribution in [1.29, 1.82) is 0 Å². The van der Waals surface area contributed by atoms with Gasteiger partial charge in [0.1, 0.15) is 12.3 Å². The molecule has 2 aliphatic rings. The van der Waals surface area contributed by atoms with Gasteiger partial charge in [0.15, 0.2) is 0 Å². The maximum Gasteiger partial charge on any atom is 0.309 e. The van der Waals surface area contributed by atoms with Crippen LogP contribution >= 0.6 is 0 Å². The Kier molecular flexibility index (Phi) is 3.30. The van der Waals surface area contributed by atoms with Crippen molar-refractivity contribution in [2.45, 2.75) is 38.7 Å². The number of H-pyrrole nitrogens is 1. The summed E-state index contributed by atoms with van der Waals surface area (Å²) in [6.45, 7) is 1.47. The number of nitrogens with zero attached hydrogens (tertiary/aromatic N) is 1. The summed E-state index contributed by atoms with van der Waals surface area (Å²) in [5.74, 6) is -4.85. The Morgan fingerprint density at radius 1 is 1.48 bits per heavy atom. The van der Waals surface area contributed by atoms with Crippen molar-refractivity contribution in [2.75, 3.05) is 0 Å². The maximum absolute atomic E-state index is 13.3. The van der Waals surface area contributed by atoms with Gasteiger partial charge in [-0.25, -0.2) is 8.78 Å². The van der Waals surface area contributed by atoms with E-state index < -0.39 is 29.6 Å². The summed E-state index contributed by atoms with van der Waals surface area (Å²) >= 11 is 0. The van der Waals surface area contributed by atoms with Crippen molar-refractivity contribution >= 4 is 5.97 Å². The standard InChI is InChI=1S/C14H16F2N2O3/c1-7-4-12(19)11(18-17-7)6-21-13(20)8-2-3-9-10(5-8)14(9,15)16/h4,8-10H,2-3,5-6H2,1H3,(H,17,19)/t8-,9+,10-/m1/s1. The zero-order chi connectivity index (χ0) is 15.2. The van der Waals surface area contributed by atoms with Crippen LogP contribution in [0.5, 0.6) is 0 Å². The van der Waals surface area contributed by atoms with Gasteiger partial charge in [-0.3, -0.25) is 14.7 Å². The summed E-state index contributed by atoms with van der Waals surface area (Å²) in [5, 5.41) is 6.43. The number of carbonyl (C=O) groups is 1. The van der Waals surface area contributed by atoms with Gasteiger partial charge in [-0.15, -0.1) is 0 Å². The van der Waals surface area contributed by atoms with Gasteiger partial charge < -0.3 is 4.74 Å². The molecule has 2 saturated carbocycles. The van der Waals surface area contributed by atoms with Gasteiger partial charge >= 0.3 is 5.97 Å². The number of ether oxygens (including phenoxy) is 1. The fourth-order valence-electron chi connectivity index (χ4n) is 3.08. The summed E-state index contributed by atoms with van der Waals surface area (Å²) in [6.07, 6.45) is 0.961. The minimum Gasteiger partial charge on any atom is -0.459 e. The Bertz CT molecular complexity index is 629. The molecule has 1 aromatic heterocycles. The number of rotatable bonds is 3. The average Bonchev–Trinajstić information content (AvgIpc) is 2.99. The monoisotopic (exact) mass is 298 g/mol. The first kappa shape index (κ1) is 14.2. The van der Waals surface area contributed by atoms with Gasteiger partial charge in [0.25, 0.3) is 5.92 Å². The molecule has 1 heterocycles. The number of aryl methyl sites for hydroxylation is 1. The van der Waals surface area contributed by atoms with Crippen LogP contribution in [-0.2, 0) is 16.1 Å². The highest BCUT2D eigenvalue weighted by molar-refractivity contribution is 5.72. The fraction of sp³-hybridized carbons (Fsp3) is 0.643. The summed E-state index contributed by atoms with van der Waals surface area (Å²) in [4.78, 5) is 23.5. The first-order valence-electron chi connectivity index (χ1n) is 6.99. The number of alkyl halides is 2. The second-order valence-corrected chi connectivity index (χ2v) is 5.87. The van der Waals surface area contributed by atoms with Crippen LogP contribution in [0.15, 0.2) is 10.9 Å². The van der Waals surface area contributed by atoms with E-state index in [-0.39, 0.29) is 24.2 Å². The van der Waals surface area contributed by atoms with E-state index in [0.717, 1.165) is 0 Å². The zero-order valence-electron chi connectivity index (χ0n) is 11.6. The van der Waals surface area contributed by atoms with Crippen molar-refractivity contribution in [3.8, 4) is 0 Å². The van der Waals surface area contributed by atoms with Crippen LogP contribution in [0.2, 0.25) is 0 Å². The van der Waals surface area contributed by atoms with Crippen molar-refractivity contribution in [1.82, 2.24) is 10.2 Å². The van der Waals surface area contributed by atoms with Gasteiger partial charge in [-0.1, -0.05) is 0 Å². The molecule has 0 aliphatic heterocycles. The van der Waals surface area contributed by atoms with E-state index in [9.17, 15) is 18.4 Å². The van der Waals surface area contributed by atoms with E-state index in [1.807, 2.05) is 0 Å². The number of esters is 1. The molecule has 2 aliphatic carbocycles. The smallest absolute Gasteiger partial charge is 0.309 e. The number of carbonyl (C=O) groups excluding carboxylic acids is 1. The Hall–Kier alpha value is -1.79. The van der Waals surface area contributed by atoms with Gasteiger partial charge in [0, 0.05) is 23.6 Å². The Morgan fingerprint density at radius 3 is 2.90 bits per heavy atom. The number of hydrogen-bond donors (Lipinski definition) is 1. The number of hydrogen-bond acceptors (Lipinski definition) is 4. The zero-order valence-corrected chi connectivity index (χ0v) is 11.6. The first-order valence-corrected chi connectivity index (χ1v) is 6.99. The van der Waals surface area contributed by atoms with Crippen LogP contribution in [0.25, 0.3) is 0 Å². The predicted octanol–water partition coefficient (Wildman–Crippen LogP) is 1.80. The molecule has 1 aromatic rings. The highest BCUT2D eigenvalue weighted by Gasteiger charge is 2.69. The molecule has 0 amide bonds. The minimum absolute atomic E-state index is 0.111. The molecule has 0 bridgehead atoms. The molecule has 0 spiro atoms. The fourth-order valence-corrected chi connectivity index (χ4v) is 3.08. The van der Waals surface area contributed by atoms with Crippen LogP contribution in [0, 0.1) is 24.7 Å². The predicted molar refractivity (Wildman–Crippen MR) is 68.7 cm³/mol. The van der Waals surface area contributed by atoms with E-state index in [0.29, 0.717) is 18.5 Å². The summed E-state index contributed by atoms with van der Waals surface area (Å²) in [7, 11) is 0. The van der Waals surface area contributed by atoms with Crippen LogP contribution < -0.4 is 5.43 Å². The number of aromatic nitrogens is 2. The molecule has 5 nitrogen and oxygen atoms in total. The maximum atomic E-state index is 13.3. The SMILES string of the molecule is Cc1cc(=O)c(COC(=O)[C@@H]2CC[C@H]3[C@@H](C2)C3(F)F)n[nH]1. The molecule has 7 heteroatoms. The van der Waals surface area contributed by atoms with Gasteiger partial charge in [-0.05, 0) is 26.2 Å². The Labute approximate surface area is 119 Å². The van der Waals surface area contributed by atoms with Crippen molar-refractivity contribution in [2.24, 2.45) is 17.8 Å². The molecule has 3 atom stereocenters. The molecule has 1 N–H and O–H groups in total. The third-order valence-electron chi connectivity index (χ3n) is 4.41. The highest BCUT2D eigenvalue weighted by atomic mass is 19.3. The minimum atomic E-state index is -2.61. The summed E-state index contributed by atoms with van der Waals surface area (Å²) in [6, 6.07) is 1.37. The molecule has 21 heavy (non-hydrogen) atoms. The van der Waals surface area contributed by atoms with E-state index in [2.05, 4.69) is 10.2 Å². The molecule has 0 saturated heterocycles. The molecule has 114 valence electrons. The van der Waals surface area contributed by atoms with Crippen LogP contribution in [0.4, 0.5) is 8.78 Å². The van der Waals surface area contributed by atoms with Crippen molar-refractivity contribution in [3.63, 3.8) is 0 Å². The van der Waals surface area contributed by atoms with Crippen molar-refractivity contribution in [3.05, 3.63) is 27.7 Å². The van der Waals surface area contributed by atoms with Crippen molar-refractivity contribution < 1.29 is 18.3 Å². The normalized spacial score (nSPS) is 29.6. The Morgan fingerprint density at radius 2 is 2.24 bits per heavy atom. The second kappa shape index (κ2) is 4.89. The summed E-state index contributed by atoms with van der Waals surface area (Å²) < 4.78 is 31.6. The molecule has 0 unspecified atom stereocenters. The molecular weight excluding hydrogens is 282 g/mol. The lowest BCUT2D eigenvalue weighted by Gasteiger charge is -2.18. The third kappa shape index (κ3) is 2.56. The van der Waals surface area contributed by atoms with Crippen LogP contribution in [-0.4, -0.2) is 22.1 Å². The van der Waals surface area contributed by atoms with E-state index >= 15 is 0 Å². The molecule has 0 aromatic carbocycles. The van der Waals surface area contributed by atoms with E-state index in [1.165, 1.54) is 6.07 Å². The van der Waals surface area contributed by atoms with E-state index in [1.54, 1.807) is 6.92 Å². The molecule has 0 radical (unpaired) electrons. The largest absolute Gasteiger partial charge is 0.459 e. The first-order chi connectivity index (χ1) is 9.89. The number of halogens is 2. The van der Waals surface area contributed by atoms with Crippen LogP contribution in [0.3, 0.4) is 0 Å². The lowest BCUT2D eigenvalue weighted by atomic mass is 9.89. The summed E-state index contributed by atoms with van der Waals surface area (Å²) in [5.41, 5.74) is 0.417. The molecule has 2 fully saturated rings. The highest BCUT2D eigenvalue weighted by Crippen LogP contribution is 2.63. The molecular formula is C14H16F2N2O3. The van der Waals surface area contributed by atoms with E-state index in [4.69, 9.17) is 4.74 Å². The lowest BCUT2D eigenvalue weighted by Crippen LogP contribution is -2.23. The number of aromatic amines is 1. The number of nitrogens with one attached hydrogen (secondary N) is 1. The quantitative estimate of drug-likeness (QED) is 0.864. The topological polar surface area (TPSA) is 72.1 Å². The lowest BCUT2D eigenvalue weighted by molar-refractivity contribution is -0.151. The average molecular weight is 298 g/mol.